The highest BCUT2D eigenvalue weighted by Gasteiger charge is 2.13. The van der Waals surface area contributed by atoms with Crippen LogP contribution in [0.5, 0.6) is 0 Å². The summed E-state index contributed by atoms with van der Waals surface area (Å²) in [7, 11) is 0. The highest BCUT2D eigenvalue weighted by atomic mass is 79.9. The number of hydrazone groups is 1. The monoisotopic (exact) mass is 423 g/mol. The van der Waals surface area contributed by atoms with Gasteiger partial charge in [0.1, 0.15) is 0 Å². The molecule has 0 bridgehead atoms. The molecule has 27 heavy (non-hydrogen) atoms. The second-order valence-electron chi connectivity index (χ2n) is 6.61. The molecule has 3 rings (SSSR count). The van der Waals surface area contributed by atoms with Gasteiger partial charge < -0.3 is 4.57 Å². The number of halogens is 1. The molecule has 0 unspecified atom stereocenters. The summed E-state index contributed by atoms with van der Waals surface area (Å²) in [5.41, 5.74) is 10.00. The molecule has 0 radical (unpaired) electrons. The standard InChI is InChI=1S/C22H22BrN3O/c1-14-7-5-8-15(2)21(14)26-16(3)11-19(17(26)4)13-24-25-22(27)18-9-6-10-20(23)12-18/h5-13H,1-4H3,(H,25,27)/b24-13+. The summed E-state index contributed by atoms with van der Waals surface area (Å²) in [5, 5.41) is 4.15. The maximum absolute atomic E-state index is 12.2. The van der Waals surface area contributed by atoms with E-state index in [1.165, 1.54) is 16.8 Å². The van der Waals surface area contributed by atoms with Crippen molar-refractivity contribution in [2.75, 3.05) is 0 Å². The molecule has 3 aromatic rings. The Labute approximate surface area is 168 Å². The van der Waals surface area contributed by atoms with Crippen LogP contribution in [-0.4, -0.2) is 16.7 Å². The van der Waals surface area contributed by atoms with Crippen molar-refractivity contribution in [3.8, 4) is 5.69 Å². The Morgan fingerprint density at radius 1 is 1.04 bits per heavy atom. The second kappa shape index (κ2) is 7.92. The molecule has 0 spiro atoms. The summed E-state index contributed by atoms with van der Waals surface area (Å²) >= 11 is 3.37. The van der Waals surface area contributed by atoms with E-state index in [1.54, 1.807) is 18.3 Å². The van der Waals surface area contributed by atoms with Crippen LogP contribution in [0.4, 0.5) is 0 Å². The molecule has 0 aliphatic heterocycles. The molecule has 5 heteroatoms. The average Bonchev–Trinajstić information content (AvgIpc) is 2.89. The Hall–Kier alpha value is -2.66. The molecule has 2 aromatic carbocycles. The third-order valence-electron chi connectivity index (χ3n) is 4.59. The number of para-hydroxylation sites is 1. The Kier molecular flexibility index (Phi) is 5.61. The number of hydrogen-bond acceptors (Lipinski definition) is 2. The lowest BCUT2D eigenvalue weighted by Gasteiger charge is -2.15. The van der Waals surface area contributed by atoms with E-state index in [4.69, 9.17) is 0 Å². The van der Waals surface area contributed by atoms with E-state index in [0.717, 1.165) is 21.4 Å². The smallest absolute Gasteiger partial charge is 0.271 e. The van der Waals surface area contributed by atoms with Gasteiger partial charge in [-0.1, -0.05) is 40.2 Å². The van der Waals surface area contributed by atoms with Gasteiger partial charge in [-0.3, -0.25) is 4.79 Å². The molecule has 1 N–H and O–H groups in total. The molecule has 1 aromatic heterocycles. The van der Waals surface area contributed by atoms with Crippen LogP contribution in [0.15, 0.2) is 58.1 Å². The molecule has 0 fully saturated rings. The third kappa shape index (κ3) is 4.03. The number of aryl methyl sites for hydroxylation is 3. The zero-order valence-electron chi connectivity index (χ0n) is 15.9. The number of aromatic nitrogens is 1. The van der Waals surface area contributed by atoms with Gasteiger partial charge >= 0.3 is 0 Å². The van der Waals surface area contributed by atoms with Crippen LogP contribution in [0.2, 0.25) is 0 Å². The summed E-state index contributed by atoms with van der Waals surface area (Å²) in [5.74, 6) is -0.240. The molecule has 138 valence electrons. The first-order valence-electron chi connectivity index (χ1n) is 8.73. The molecule has 0 aliphatic rings. The quantitative estimate of drug-likeness (QED) is 0.452. The molecular weight excluding hydrogens is 402 g/mol. The first kappa shape index (κ1) is 19.1. The Balaban J connectivity index is 1.85. The first-order valence-corrected chi connectivity index (χ1v) is 9.52. The lowest BCUT2D eigenvalue weighted by molar-refractivity contribution is 0.0955. The van der Waals surface area contributed by atoms with Gasteiger partial charge in [-0.05, 0) is 63.1 Å². The molecule has 1 heterocycles. The Bertz CT molecular complexity index is 1010. The van der Waals surface area contributed by atoms with E-state index in [-0.39, 0.29) is 5.91 Å². The van der Waals surface area contributed by atoms with Crippen molar-refractivity contribution < 1.29 is 4.79 Å². The molecule has 4 nitrogen and oxygen atoms in total. The van der Waals surface area contributed by atoms with Gasteiger partial charge in [0.2, 0.25) is 0 Å². The maximum atomic E-state index is 12.2. The second-order valence-corrected chi connectivity index (χ2v) is 7.53. The van der Waals surface area contributed by atoms with E-state index in [2.05, 4.69) is 83.0 Å². The molecule has 0 atom stereocenters. The lowest BCUT2D eigenvalue weighted by Crippen LogP contribution is -2.17. The maximum Gasteiger partial charge on any atom is 0.271 e. The minimum absolute atomic E-state index is 0.240. The zero-order valence-corrected chi connectivity index (χ0v) is 17.5. The van der Waals surface area contributed by atoms with Crippen LogP contribution in [-0.2, 0) is 0 Å². The van der Waals surface area contributed by atoms with E-state index in [9.17, 15) is 4.79 Å². The van der Waals surface area contributed by atoms with Crippen LogP contribution in [0.1, 0.15) is 38.4 Å². The zero-order chi connectivity index (χ0) is 19.6. The number of hydrogen-bond donors (Lipinski definition) is 1. The number of rotatable bonds is 4. The van der Waals surface area contributed by atoms with E-state index < -0.39 is 0 Å². The summed E-state index contributed by atoms with van der Waals surface area (Å²) in [6.07, 6.45) is 1.70. The van der Waals surface area contributed by atoms with Crippen molar-refractivity contribution in [2.45, 2.75) is 27.7 Å². The number of nitrogens with zero attached hydrogens (tertiary/aromatic N) is 2. The first-order chi connectivity index (χ1) is 12.9. The highest BCUT2D eigenvalue weighted by molar-refractivity contribution is 9.10. The van der Waals surface area contributed by atoms with Crippen molar-refractivity contribution in [1.82, 2.24) is 9.99 Å². The minimum atomic E-state index is -0.240. The van der Waals surface area contributed by atoms with Gasteiger partial charge in [0, 0.05) is 27.0 Å². The van der Waals surface area contributed by atoms with Crippen molar-refractivity contribution in [2.24, 2.45) is 5.10 Å². The number of carbonyl (C=O) groups excluding carboxylic acids is 1. The van der Waals surface area contributed by atoms with Crippen LogP contribution in [0.3, 0.4) is 0 Å². The summed E-state index contributed by atoms with van der Waals surface area (Å²) in [6.45, 7) is 8.38. The van der Waals surface area contributed by atoms with E-state index in [0.29, 0.717) is 5.56 Å². The summed E-state index contributed by atoms with van der Waals surface area (Å²) in [6, 6.07) is 15.6. The lowest BCUT2D eigenvalue weighted by atomic mass is 10.1. The van der Waals surface area contributed by atoms with Crippen LogP contribution < -0.4 is 5.43 Å². The minimum Gasteiger partial charge on any atom is -0.317 e. The predicted octanol–water partition coefficient (Wildman–Crippen LogP) is 5.24. The molecule has 0 saturated heterocycles. The van der Waals surface area contributed by atoms with Crippen molar-refractivity contribution >= 4 is 28.1 Å². The topological polar surface area (TPSA) is 46.4 Å². The Morgan fingerprint density at radius 3 is 2.37 bits per heavy atom. The van der Waals surface area contributed by atoms with Gasteiger partial charge in [-0.2, -0.15) is 5.10 Å². The fourth-order valence-corrected chi connectivity index (χ4v) is 3.67. The number of nitrogens with one attached hydrogen (secondary N) is 1. The van der Waals surface area contributed by atoms with Crippen LogP contribution in [0.25, 0.3) is 5.69 Å². The fourth-order valence-electron chi connectivity index (χ4n) is 3.28. The van der Waals surface area contributed by atoms with Gasteiger partial charge in [-0.15, -0.1) is 0 Å². The number of amides is 1. The van der Waals surface area contributed by atoms with Crippen molar-refractivity contribution in [3.63, 3.8) is 0 Å². The largest absolute Gasteiger partial charge is 0.317 e. The van der Waals surface area contributed by atoms with Crippen molar-refractivity contribution in [3.05, 3.63) is 86.6 Å². The SMILES string of the molecule is Cc1cccc(C)c1-n1c(C)cc(/C=N/NC(=O)c2cccc(Br)c2)c1C. The van der Waals surface area contributed by atoms with Gasteiger partial charge in [0.15, 0.2) is 0 Å². The summed E-state index contributed by atoms with van der Waals surface area (Å²) < 4.78 is 3.10. The normalized spacial score (nSPS) is 11.1. The highest BCUT2D eigenvalue weighted by Crippen LogP contribution is 2.25. The van der Waals surface area contributed by atoms with Gasteiger partial charge in [-0.25, -0.2) is 5.43 Å². The number of carbonyl (C=O) groups is 1. The van der Waals surface area contributed by atoms with Gasteiger partial charge in [0.05, 0.1) is 11.9 Å². The fraction of sp³-hybridized carbons (Fsp3) is 0.182. The summed E-state index contributed by atoms with van der Waals surface area (Å²) in [4.78, 5) is 12.2. The third-order valence-corrected chi connectivity index (χ3v) is 5.08. The number of benzene rings is 2. The van der Waals surface area contributed by atoms with Crippen LogP contribution in [0, 0.1) is 27.7 Å². The van der Waals surface area contributed by atoms with E-state index >= 15 is 0 Å². The van der Waals surface area contributed by atoms with Crippen LogP contribution >= 0.6 is 15.9 Å². The van der Waals surface area contributed by atoms with Gasteiger partial charge in [0.25, 0.3) is 5.91 Å². The Morgan fingerprint density at radius 2 is 1.70 bits per heavy atom. The van der Waals surface area contributed by atoms with Crippen molar-refractivity contribution in [1.29, 1.82) is 0 Å². The molecule has 0 saturated carbocycles. The van der Waals surface area contributed by atoms with E-state index in [1.807, 2.05) is 12.1 Å². The molecule has 1 amide bonds. The molecule has 0 aliphatic carbocycles. The average molecular weight is 424 g/mol. The predicted molar refractivity (Wildman–Crippen MR) is 114 cm³/mol. The molecular formula is C22H22BrN3O.